The molecule has 0 spiro atoms. The molecule has 3 rings (SSSR count). The van der Waals surface area contributed by atoms with E-state index in [2.05, 4.69) is 0 Å². The Morgan fingerprint density at radius 2 is 1.77 bits per heavy atom. The molecule has 0 bridgehead atoms. The molecule has 138 valence electrons. The van der Waals surface area contributed by atoms with Crippen LogP contribution >= 0.6 is 0 Å². The first-order chi connectivity index (χ1) is 12.6. The molecule has 2 aromatic rings. The number of esters is 1. The number of hydrogen-bond donors (Lipinski definition) is 0. The Hall–Kier alpha value is -2.76. The van der Waals surface area contributed by atoms with Gasteiger partial charge in [-0.05, 0) is 42.7 Å². The maximum absolute atomic E-state index is 12.6. The second kappa shape index (κ2) is 8.08. The van der Waals surface area contributed by atoms with Crippen LogP contribution in [0.3, 0.4) is 0 Å². The molecule has 1 saturated heterocycles. The van der Waals surface area contributed by atoms with Gasteiger partial charge in [-0.1, -0.05) is 12.1 Å². The van der Waals surface area contributed by atoms with Crippen molar-refractivity contribution >= 4 is 11.9 Å². The Labute approximate surface area is 153 Å². The predicted octanol–water partition coefficient (Wildman–Crippen LogP) is 2.69. The van der Waals surface area contributed by atoms with E-state index in [1.165, 1.54) is 7.11 Å². The van der Waals surface area contributed by atoms with Crippen LogP contribution in [0.1, 0.15) is 34.9 Å². The van der Waals surface area contributed by atoms with Crippen molar-refractivity contribution in [3.8, 4) is 5.75 Å². The van der Waals surface area contributed by atoms with Crippen molar-refractivity contribution in [1.29, 1.82) is 0 Å². The normalized spacial score (nSPS) is 14.9. The van der Waals surface area contributed by atoms with Crippen molar-refractivity contribution in [2.24, 2.45) is 0 Å². The molecule has 0 saturated carbocycles. The van der Waals surface area contributed by atoms with Gasteiger partial charge in [-0.3, -0.25) is 4.79 Å². The minimum Gasteiger partial charge on any atom is -0.497 e. The summed E-state index contributed by atoms with van der Waals surface area (Å²) < 4.78 is 11.9. The molecule has 6 heteroatoms. The number of rotatable bonds is 5. The number of hydrogen-bond acceptors (Lipinski definition) is 4. The molecule has 1 aliphatic rings. The fourth-order valence-electron chi connectivity index (χ4n) is 3.41. The van der Waals surface area contributed by atoms with E-state index in [1.54, 1.807) is 13.2 Å². The quantitative estimate of drug-likeness (QED) is 0.773. The second-order valence-electron chi connectivity index (χ2n) is 6.43. The van der Waals surface area contributed by atoms with Gasteiger partial charge < -0.3 is 18.9 Å². The number of aromatic nitrogens is 1. The predicted molar refractivity (Wildman–Crippen MR) is 97.3 cm³/mol. The molecule has 1 aromatic heterocycles. The summed E-state index contributed by atoms with van der Waals surface area (Å²) in [5.74, 6) is 0.595. The number of ether oxygens (including phenoxy) is 2. The van der Waals surface area contributed by atoms with Gasteiger partial charge in [-0.25, -0.2) is 4.79 Å². The monoisotopic (exact) mass is 356 g/mol. The molecule has 0 unspecified atom stereocenters. The third-order valence-corrected chi connectivity index (χ3v) is 4.90. The van der Waals surface area contributed by atoms with Crippen molar-refractivity contribution < 1.29 is 19.1 Å². The van der Waals surface area contributed by atoms with Crippen molar-refractivity contribution in [1.82, 2.24) is 9.47 Å². The minimum atomic E-state index is -0.326. The average molecular weight is 356 g/mol. The molecule has 0 aliphatic carbocycles. The zero-order valence-corrected chi connectivity index (χ0v) is 15.2. The number of piperidine rings is 1. The molecule has 2 heterocycles. The highest BCUT2D eigenvalue weighted by Gasteiger charge is 2.26. The van der Waals surface area contributed by atoms with Crippen molar-refractivity contribution in [3.63, 3.8) is 0 Å². The van der Waals surface area contributed by atoms with Crippen LogP contribution in [0.25, 0.3) is 0 Å². The van der Waals surface area contributed by atoms with E-state index >= 15 is 0 Å². The van der Waals surface area contributed by atoms with Crippen LogP contribution in [-0.4, -0.2) is 48.7 Å². The van der Waals surface area contributed by atoms with Crippen LogP contribution in [0.2, 0.25) is 0 Å². The van der Waals surface area contributed by atoms with E-state index in [9.17, 15) is 9.59 Å². The second-order valence-corrected chi connectivity index (χ2v) is 6.43. The number of benzene rings is 1. The van der Waals surface area contributed by atoms with Gasteiger partial charge in [-0.2, -0.15) is 0 Å². The lowest BCUT2D eigenvalue weighted by Gasteiger charge is -2.33. The van der Waals surface area contributed by atoms with Crippen LogP contribution in [0.5, 0.6) is 5.75 Å². The molecule has 1 fully saturated rings. The summed E-state index contributed by atoms with van der Waals surface area (Å²) in [4.78, 5) is 26.3. The number of carbonyl (C=O) groups is 2. The van der Waals surface area contributed by atoms with Gasteiger partial charge in [0.15, 0.2) is 0 Å². The molecule has 1 amide bonds. The van der Waals surface area contributed by atoms with Gasteiger partial charge in [0.1, 0.15) is 11.4 Å². The summed E-state index contributed by atoms with van der Waals surface area (Å²) in [7, 11) is 3.01. The van der Waals surface area contributed by atoms with Crippen LogP contribution < -0.4 is 4.74 Å². The van der Waals surface area contributed by atoms with E-state index < -0.39 is 0 Å². The lowest BCUT2D eigenvalue weighted by molar-refractivity contribution is -0.131. The maximum atomic E-state index is 12.6. The highest BCUT2D eigenvalue weighted by atomic mass is 16.5. The molecule has 0 radical (unpaired) electrons. The first-order valence-electron chi connectivity index (χ1n) is 8.78. The van der Waals surface area contributed by atoms with Gasteiger partial charge in [0.05, 0.1) is 20.6 Å². The molecule has 6 nitrogen and oxygen atoms in total. The van der Waals surface area contributed by atoms with Gasteiger partial charge in [0.2, 0.25) is 5.91 Å². The topological polar surface area (TPSA) is 60.8 Å². The third-order valence-electron chi connectivity index (χ3n) is 4.90. The van der Waals surface area contributed by atoms with E-state index in [4.69, 9.17) is 9.47 Å². The first kappa shape index (κ1) is 18.0. The molecular formula is C20H24N2O4. The summed E-state index contributed by atoms with van der Waals surface area (Å²) in [6.45, 7) is 1.39. The highest BCUT2D eigenvalue weighted by molar-refractivity contribution is 5.87. The van der Waals surface area contributed by atoms with Gasteiger partial charge in [0, 0.05) is 25.3 Å². The van der Waals surface area contributed by atoms with E-state index in [1.807, 2.05) is 46.0 Å². The third kappa shape index (κ3) is 3.90. The smallest absolute Gasteiger partial charge is 0.354 e. The maximum Gasteiger partial charge on any atom is 0.354 e. The largest absolute Gasteiger partial charge is 0.497 e. The Balaban J connectivity index is 1.57. The average Bonchev–Trinajstić information content (AvgIpc) is 3.18. The molecular weight excluding hydrogens is 332 g/mol. The molecule has 1 aliphatic heterocycles. The van der Waals surface area contributed by atoms with Crippen LogP contribution in [0, 0.1) is 0 Å². The standard InChI is InChI=1S/C20H24N2O4/c1-25-17-7-5-15(6-8-17)14-19(23)21-12-9-16(10-13-21)22-11-3-4-18(22)20(24)26-2/h3-8,11,16H,9-10,12-14H2,1-2H3. The molecule has 1 aromatic carbocycles. The Morgan fingerprint density at radius 1 is 1.08 bits per heavy atom. The van der Waals surface area contributed by atoms with E-state index in [0.717, 1.165) is 24.2 Å². The number of likely N-dealkylation sites (tertiary alicyclic amines) is 1. The summed E-state index contributed by atoms with van der Waals surface area (Å²) in [5.41, 5.74) is 1.55. The van der Waals surface area contributed by atoms with E-state index in [-0.39, 0.29) is 17.9 Å². The number of methoxy groups -OCH3 is 2. The molecule has 0 N–H and O–H groups in total. The summed E-state index contributed by atoms with van der Waals surface area (Å²) >= 11 is 0. The summed E-state index contributed by atoms with van der Waals surface area (Å²) in [6, 6.07) is 11.4. The minimum absolute atomic E-state index is 0.134. The highest BCUT2D eigenvalue weighted by Crippen LogP contribution is 2.25. The number of nitrogens with zero attached hydrogens (tertiary/aromatic N) is 2. The molecule has 0 atom stereocenters. The van der Waals surface area contributed by atoms with Crippen LogP contribution in [0.15, 0.2) is 42.6 Å². The van der Waals surface area contributed by atoms with Gasteiger partial charge in [0.25, 0.3) is 0 Å². The van der Waals surface area contributed by atoms with Crippen LogP contribution in [-0.2, 0) is 16.0 Å². The lowest BCUT2D eigenvalue weighted by atomic mass is 10.0. The van der Waals surface area contributed by atoms with E-state index in [0.29, 0.717) is 25.2 Å². The Morgan fingerprint density at radius 3 is 2.38 bits per heavy atom. The number of amides is 1. The zero-order valence-electron chi connectivity index (χ0n) is 15.2. The van der Waals surface area contributed by atoms with Crippen molar-refractivity contribution in [3.05, 3.63) is 53.9 Å². The zero-order chi connectivity index (χ0) is 18.5. The Bertz CT molecular complexity index is 758. The SMILES string of the molecule is COC(=O)c1cccn1C1CCN(C(=O)Cc2ccc(OC)cc2)CC1. The van der Waals surface area contributed by atoms with Gasteiger partial charge >= 0.3 is 5.97 Å². The lowest BCUT2D eigenvalue weighted by Crippen LogP contribution is -2.40. The Kier molecular flexibility index (Phi) is 5.61. The molecule has 26 heavy (non-hydrogen) atoms. The van der Waals surface area contributed by atoms with Crippen molar-refractivity contribution in [2.45, 2.75) is 25.3 Å². The number of carbonyl (C=O) groups excluding carboxylic acids is 2. The van der Waals surface area contributed by atoms with Gasteiger partial charge in [-0.15, -0.1) is 0 Å². The van der Waals surface area contributed by atoms with Crippen molar-refractivity contribution in [2.75, 3.05) is 27.3 Å². The summed E-state index contributed by atoms with van der Waals surface area (Å²) in [6.07, 6.45) is 3.96. The summed E-state index contributed by atoms with van der Waals surface area (Å²) in [5, 5.41) is 0. The fourth-order valence-corrected chi connectivity index (χ4v) is 3.41. The fraction of sp³-hybridized carbons (Fsp3) is 0.400. The first-order valence-corrected chi connectivity index (χ1v) is 8.78. The van der Waals surface area contributed by atoms with Crippen LogP contribution in [0.4, 0.5) is 0 Å².